The molecule has 2 bridgehead atoms. The highest BCUT2D eigenvalue weighted by Crippen LogP contribution is 2.44. The van der Waals surface area contributed by atoms with Crippen LogP contribution in [0.5, 0.6) is 11.6 Å². The first-order valence-corrected chi connectivity index (χ1v) is 11.8. The van der Waals surface area contributed by atoms with Crippen molar-refractivity contribution < 1.29 is 19.0 Å². The van der Waals surface area contributed by atoms with Crippen molar-refractivity contribution >= 4 is 6.09 Å². The number of benzene rings is 1. The van der Waals surface area contributed by atoms with Gasteiger partial charge in [0.2, 0.25) is 5.88 Å². The Morgan fingerprint density at radius 1 is 1.21 bits per heavy atom. The van der Waals surface area contributed by atoms with Crippen LogP contribution < -0.4 is 14.8 Å². The third-order valence-electron chi connectivity index (χ3n) is 7.38. The van der Waals surface area contributed by atoms with Gasteiger partial charge in [-0.1, -0.05) is 26.0 Å². The van der Waals surface area contributed by atoms with Gasteiger partial charge in [0.1, 0.15) is 11.9 Å². The summed E-state index contributed by atoms with van der Waals surface area (Å²) in [5, 5.41) is 3.17. The Balaban J connectivity index is 1.35. The van der Waals surface area contributed by atoms with Crippen LogP contribution in [-0.4, -0.2) is 55.4 Å². The lowest BCUT2D eigenvalue weighted by molar-refractivity contribution is -0.0361. The predicted octanol–water partition coefficient (Wildman–Crippen LogP) is 4.35. The number of ether oxygens (including phenoxy) is 3. The van der Waals surface area contributed by atoms with E-state index < -0.39 is 0 Å². The summed E-state index contributed by atoms with van der Waals surface area (Å²) in [5.41, 5.74) is 3.70. The molecule has 3 saturated heterocycles. The number of hydrogen-bond donors (Lipinski definition) is 1. The number of alkyl carbamates (subject to hydrolysis) is 1. The summed E-state index contributed by atoms with van der Waals surface area (Å²) >= 11 is 0. The molecule has 176 valence electrons. The Labute approximate surface area is 195 Å². The summed E-state index contributed by atoms with van der Waals surface area (Å²) in [7, 11) is 1.62. The van der Waals surface area contributed by atoms with Crippen LogP contribution in [-0.2, 0) is 4.74 Å². The molecule has 6 rings (SSSR count). The van der Waals surface area contributed by atoms with Gasteiger partial charge >= 0.3 is 6.09 Å². The molecule has 2 atom stereocenters. The normalized spacial score (nSPS) is 27.3. The van der Waals surface area contributed by atoms with Crippen molar-refractivity contribution in [3.8, 4) is 22.8 Å². The predicted molar refractivity (Wildman–Crippen MR) is 126 cm³/mol. The topological polar surface area (TPSA) is 72.9 Å². The number of carbonyl (C=O) groups excluding carboxylic acids is 1. The first-order chi connectivity index (χ1) is 15.8. The highest BCUT2D eigenvalue weighted by Gasteiger charge is 2.41. The number of nitrogens with zero attached hydrogens (tertiary/aromatic N) is 2. The van der Waals surface area contributed by atoms with Gasteiger partial charge in [-0.25, -0.2) is 9.78 Å². The molecule has 1 N–H and O–H groups in total. The Morgan fingerprint density at radius 3 is 2.67 bits per heavy atom. The molecule has 7 nitrogen and oxygen atoms in total. The first-order valence-electron chi connectivity index (χ1n) is 11.8. The van der Waals surface area contributed by atoms with E-state index in [0.717, 1.165) is 60.5 Å². The molecule has 1 aromatic heterocycles. The maximum Gasteiger partial charge on any atom is 0.407 e. The van der Waals surface area contributed by atoms with Gasteiger partial charge in [-0.15, -0.1) is 0 Å². The second-order valence-electron chi connectivity index (χ2n) is 10.2. The number of pyridine rings is 1. The zero-order chi connectivity index (χ0) is 23.2. The monoisotopic (exact) mass is 451 g/mol. The number of aryl methyl sites for hydroxylation is 1. The number of carbonyl (C=O) groups is 1. The van der Waals surface area contributed by atoms with Crippen LogP contribution in [0.25, 0.3) is 11.1 Å². The van der Waals surface area contributed by atoms with E-state index in [0.29, 0.717) is 18.4 Å². The van der Waals surface area contributed by atoms with Gasteiger partial charge in [0, 0.05) is 34.8 Å². The van der Waals surface area contributed by atoms with Gasteiger partial charge in [-0.05, 0) is 56.5 Å². The molecule has 1 aromatic carbocycles. The molecule has 5 heterocycles. The van der Waals surface area contributed by atoms with Crippen LogP contribution in [0.2, 0.25) is 0 Å². The molecule has 4 aliphatic heterocycles. The van der Waals surface area contributed by atoms with Crippen molar-refractivity contribution in [2.75, 3.05) is 33.4 Å². The average molecular weight is 452 g/mol. The van der Waals surface area contributed by atoms with E-state index >= 15 is 0 Å². The van der Waals surface area contributed by atoms with Crippen molar-refractivity contribution in [1.82, 2.24) is 15.2 Å². The largest absolute Gasteiger partial charge is 0.493 e. The maximum absolute atomic E-state index is 12.9. The molecule has 1 unspecified atom stereocenters. The minimum Gasteiger partial charge on any atom is -0.493 e. The second-order valence-corrected chi connectivity index (χ2v) is 10.2. The lowest BCUT2D eigenvalue weighted by Crippen LogP contribution is -2.53. The van der Waals surface area contributed by atoms with Crippen molar-refractivity contribution in [3.05, 3.63) is 41.6 Å². The fourth-order valence-electron chi connectivity index (χ4n) is 5.39. The van der Waals surface area contributed by atoms with Gasteiger partial charge in [0.15, 0.2) is 0 Å². The molecule has 33 heavy (non-hydrogen) atoms. The van der Waals surface area contributed by atoms with Crippen LogP contribution >= 0.6 is 0 Å². The van der Waals surface area contributed by atoms with Crippen LogP contribution in [0, 0.1) is 18.3 Å². The highest BCUT2D eigenvalue weighted by atomic mass is 16.6. The zero-order valence-corrected chi connectivity index (χ0v) is 19.9. The summed E-state index contributed by atoms with van der Waals surface area (Å²) in [6, 6.07) is 7.99. The smallest absolute Gasteiger partial charge is 0.407 e. The Kier molecular flexibility index (Phi) is 5.69. The lowest BCUT2D eigenvalue weighted by atomic mass is 9.78. The minimum atomic E-state index is -0.335. The summed E-state index contributed by atoms with van der Waals surface area (Å²) in [5.74, 6) is 1.90. The molecule has 0 radical (unpaired) electrons. The third-order valence-corrected chi connectivity index (χ3v) is 7.38. The van der Waals surface area contributed by atoms with Crippen LogP contribution in [0.4, 0.5) is 4.79 Å². The van der Waals surface area contributed by atoms with Crippen LogP contribution in [0.15, 0.2) is 30.5 Å². The van der Waals surface area contributed by atoms with E-state index in [1.54, 1.807) is 13.3 Å². The average Bonchev–Trinajstić information content (AvgIpc) is 2.81. The van der Waals surface area contributed by atoms with Gasteiger partial charge in [-0.2, -0.15) is 0 Å². The van der Waals surface area contributed by atoms with Gasteiger partial charge in [0.05, 0.1) is 19.8 Å². The quantitative estimate of drug-likeness (QED) is 0.745. The molecule has 0 aliphatic carbocycles. The molecule has 4 aliphatic rings. The Morgan fingerprint density at radius 2 is 2.00 bits per heavy atom. The molecule has 0 saturated carbocycles. The summed E-state index contributed by atoms with van der Waals surface area (Å²) in [4.78, 5) is 19.7. The molecule has 1 amide bonds. The maximum atomic E-state index is 12.9. The first kappa shape index (κ1) is 22.0. The number of amides is 1. The van der Waals surface area contributed by atoms with Crippen LogP contribution in [0.3, 0.4) is 0 Å². The number of piperidine rings is 3. The standard InChI is InChI=1S/C26H33N3O4/c1-16-11-19(13-27-24(16)31-4)18-5-6-20-21(12-18)32-15-26(2,3)23(20)28-25(30)33-22-14-29-9-7-17(22)8-10-29/h5-6,11-13,17,22-23H,7-10,14-15H2,1-4H3,(H,28,30)/t22-,23?/m1/s1. The molecule has 3 fully saturated rings. The van der Waals surface area contributed by atoms with Crippen molar-refractivity contribution in [2.45, 2.75) is 45.8 Å². The summed E-state index contributed by atoms with van der Waals surface area (Å²) < 4.78 is 17.3. The number of hydrogen-bond acceptors (Lipinski definition) is 6. The van der Waals surface area contributed by atoms with E-state index in [-0.39, 0.29) is 23.7 Å². The molecule has 0 spiro atoms. The van der Waals surface area contributed by atoms with E-state index in [4.69, 9.17) is 14.2 Å². The second kappa shape index (κ2) is 8.52. The highest BCUT2D eigenvalue weighted by molar-refractivity contribution is 5.70. The van der Waals surface area contributed by atoms with Crippen molar-refractivity contribution in [1.29, 1.82) is 0 Å². The van der Waals surface area contributed by atoms with Crippen molar-refractivity contribution in [3.63, 3.8) is 0 Å². The Bertz CT molecular complexity index is 1050. The number of methoxy groups -OCH3 is 1. The SMILES string of the molecule is COc1ncc(-c2ccc3c(c2)OCC(C)(C)C3NC(=O)O[C@@H]2CN3CCC2CC3)cc1C. The molecular weight excluding hydrogens is 418 g/mol. The zero-order valence-electron chi connectivity index (χ0n) is 19.9. The van der Waals surface area contributed by atoms with Crippen LogP contribution in [0.1, 0.15) is 43.9 Å². The van der Waals surface area contributed by atoms with Gasteiger partial charge in [-0.3, -0.25) is 4.90 Å². The number of nitrogens with one attached hydrogen (secondary N) is 1. The molecule has 2 aromatic rings. The van der Waals surface area contributed by atoms with Gasteiger partial charge in [0.25, 0.3) is 0 Å². The summed E-state index contributed by atoms with van der Waals surface area (Å²) in [6.45, 7) is 9.81. The van der Waals surface area contributed by atoms with E-state index in [1.807, 2.05) is 19.1 Å². The third kappa shape index (κ3) is 4.26. The lowest BCUT2D eigenvalue weighted by Gasteiger charge is -2.44. The van der Waals surface area contributed by atoms with E-state index in [2.05, 4.69) is 41.2 Å². The fourth-order valence-corrected chi connectivity index (χ4v) is 5.39. The Hall–Kier alpha value is -2.80. The molecular formula is C26H33N3O4. The number of rotatable bonds is 4. The van der Waals surface area contributed by atoms with Crippen molar-refractivity contribution in [2.24, 2.45) is 11.3 Å². The number of aromatic nitrogens is 1. The minimum absolute atomic E-state index is 0.0110. The van der Waals surface area contributed by atoms with Gasteiger partial charge < -0.3 is 19.5 Å². The summed E-state index contributed by atoms with van der Waals surface area (Å²) in [6.07, 6.45) is 3.70. The molecule has 7 heteroatoms. The fraction of sp³-hybridized carbons (Fsp3) is 0.538. The van der Waals surface area contributed by atoms with E-state index in [9.17, 15) is 4.79 Å². The number of fused-ring (bicyclic) bond motifs is 4. The van der Waals surface area contributed by atoms with E-state index in [1.165, 1.54) is 0 Å².